The molecule has 0 unspecified atom stereocenters. The van der Waals surface area contributed by atoms with E-state index in [2.05, 4.69) is 6.92 Å². The Morgan fingerprint density at radius 1 is 1.36 bits per heavy atom. The summed E-state index contributed by atoms with van der Waals surface area (Å²) in [5.74, 6) is 0.428. The van der Waals surface area contributed by atoms with Gasteiger partial charge in [-0.05, 0) is 26.7 Å². The average Bonchev–Trinajstić information content (AvgIpc) is 2.95. The van der Waals surface area contributed by atoms with Gasteiger partial charge in [-0.25, -0.2) is 0 Å². The predicted octanol–water partition coefficient (Wildman–Crippen LogP) is 1.67. The van der Waals surface area contributed by atoms with Crippen molar-refractivity contribution >= 4 is 5.91 Å². The SMILES string of the molecule is CCCO[C@@H]1C[C@@H]1C(=O)N(CC)CC. The third-order valence-electron chi connectivity index (χ3n) is 2.66. The van der Waals surface area contributed by atoms with Gasteiger partial charge in [0.05, 0.1) is 12.0 Å². The summed E-state index contributed by atoms with van der Waals surface area (Å²) < 4.78 is 5.53. The molecule has 1 saturated carbocycles. The molecule has 0 saturated heterocycles. The maximum absolute atomic E-state index is 11.8. The van der Waals surface area contributed by atoms with Crippen molar-refractivity contribution < 1.29 is 9.53 Å². The predicted molar refractivity (Wildman–Crippen MR) is 56.1 cm³/mol. The second kappa shape index (κ2) is 5.35. The Hall–Kier alpha value is -0.570. The van der Waals surface area contributed by atoms with Crippen LogP contribution in [-0.2, 0) is 9.53 Å². The van der Waals surface area contributed by atoms with Gasteiger partial charge in [0, 0.05) is 19.7 Å². The zero-order chi connectivity index (χ0) is 10.6. The summed E-state index contributed by atoms with van der Waals surface area (Å²) in [5.41, 5.74) is 0. The monoisotopic (exact) mass is 199 g/mol. The van der Waals surface area contributed by atoms with Crippen LogP contribution < -0.4 is 0 Å². The summed E-state index contributed by atoms with van der Waals surface area (Å²) in [6.07, 6.45) is 2.17. The van der Waals surface area contributed by atoms with Gasteiger partial charge in [-0.15, -0.1) is 0 Å². The van der Waals surface area contributed by atoms with Crippen LogP contribution in [0.2, 0.25) is 0 Å². The molecule has 0 radical (unpaired) electrons. The molecule has 1 fully saturated rings. The highest BCUT2D eigenvalue weighted by Gasteiger charge is 2.45. The first-order chi connectivity index (χ1) is 6.74. The Kier molecular flexibility index (Phi) is 4.39. The van der Waals surface area contributed by atoms with E-state index in [1.807, 2.05) is 18.7 Å². The molecule has 14 heavy (non-hydrogen) atoms. The lowest BCUT2D eigenvalue weighted by Gasteiger charge is -2.18. The number of carbonyl (C=O) groups excluding carboxylic acids is 1. The standard InChI is InChI=1S/C11H21NO2/c1-4-7-14-10-8-9(10)11(13)12(5-2)6-3/h9-10H,4-8H2,1-3H3/t9-,10+/m0/s1. The van der Waals surface area contributed by atoms with Gasteiger partial charge >= 0.3 is 0 Å². The molecular formula is C11H21NO2. The van der Waals surface area contributed by atoms with Gasteiger partial charge in [-0.1, -0.05) is 6.92 Å². The van der Waals surface area contributed by atoms with Crippen molar-refractivity contribution in [2.24, 2.45) is 5.92 Å². The molecule has 0 bridgehead atoms. The van der Waals surface area contributed by atoms with E-state index in [4.69, 9.17) is 4.74 Å². The molecule has 0 aliphatic heterocycles. The van der Waals surface area contributed by atoms with Crippen molar-refractivity contribution in [3.05, 3.63) is 0 Å². The Morgan fingerprint density at radius 2 is 2.00 bits per heavy atom. The van der Waals surface area contributed by atoms with Crippen molar-refractivity contribution in [3.8, 4) is 0 Å². The van der Waals surface area contributed by atoms with Crippen LogP contribution in [0.25, 0.3) is 0 Å². The molecule has 3 heteroatoms. The normalized spacial score (nSPS) is 24.8. The average molecular weight is 199 g/mol. The minimum atomic E-state index is 0.154. The molecule has 0 spiro atoms. The molecule has 82 valence electrons. The molecule has 0 aromatic heterocycles. The van der Waals surface area contributed by atoms with E-state index >= 15 is 0 Å². The van der Waals surface area contributed by atoms with Crippen molar-refractivity contribution in [2.75, 3.05) is 19.7 Å². The summed E-state index contributed by atoms with van der Waals surface area (Å²) in [7, 11) is 0. The summed E-state index contributed by atoms with van der Waals surface area (Å²) in [6.45, 7) is 8.53. The molecule has 1 aliphatic carbocycles. The van der Waals surface area contributed by atoms with Gasteiger partial charge in [-0.2, -0.15) is 0 Å². The quantitative estimate of drug-likeness (QED) is 0.651. The fraction of sp³-hybridized carbons (Fsp3) is 0.909. The van der Waals surface area contributed by atoms with Crippen LogP contribution in [-0.4, -0.2) is 36.6 Å². The number of carbonyl (C=O) groups is 1. The largest absolute Gasteiger partial charge is 0.377 e. The summed E-state index contributed by atoms with van der Waals surface area (Å²) in [6, 6.07) is 0. The molecule has 0 N–H and O–H groups in total. The molecular weight excluding hydrogens is 178 g/mol. The number of hydrogen-bond donors (Lipinski definition) is 0. The van der Waals surface area contributed by atoms with Crippen LogP contribution in [0.1, 0.15) is 33.6 Å². The van der Waals surface area contributed by atoms with Gasteiger partial charge in [0.1, 0.15) is 0 Å². The van der Waals surface area contributed by atoms with Crippen LogP contribution in [0, 0.1) is 5.92 Å². The van der Waals surface area contributed by atoms with E-state index in [1.165, 1.54) is 0 Å². The Morgan fingerprint density at radius 3 is 2.50 bits per heavy atom. The maximum Gasteiger partial charge on any atom is 0.228 e. The fourth-order valence-corrected chi connectivity index (χ4v) is 1.65. The van der Waals surface area contributed by atoms with Crippen molar-refractivity contribution in [2.45, 2.75) is 39.7 Å². The molecule has 3 nitrogen and oxygen atoms in total. The van der Waals surface area contributed by atoms with Gasteiger partial charge in [-0.3, -0.25) is 4.79 Å². The van der Waals surface area contributed by atoms with Gasteiger partial charge in [0.2, 0.25) is 5.91 Å². The minimum absolute atomic E-state index is 0.154. The molecule has 1 amide bonds. The first kappa shape index (κ1) is 11.5. The summed E-state index contributed by atoms with van der Waals surface area (Å²) in [4.78, 5) is 13.7. The van der Waals surface area contributed by atoms with E-state index in [0.29, 0.717) is 0 Å². The van der Waals surface area contributed by atoms with Crippen molar-refractivity contribution in [1.82, 2.24) is 4.90 Å². The van der Waals surface area contributed by atoms with Crippen molar-refractivity contribution in [3.63, 3.8) is 0 Å². The first-order valence-electron chi connectivity index (χ1n) is 5.64. The Bertz CT molecular complexity index is 190. The van der Waals surface area contributed by atoms with E-state index in [1.54, 1.807) is 0 Å². The maximum atomic E-state index is 11.8. The highest BCUT2D eigenvalue weighted by atomic mass is 16.5. The van der Waals surface area contributed by atoms with Crippen LogP contribution in [0.3, 0.4) is 0 Å². The number of nitrogens with zero attached hydrogens (tertiary/aromatic N) is 1. The molecule has 1 rings (SSSR count). The number of rotatable bonds is 6. The summed E-state index contributed by atoms with van der Waals surface area (Å²) in [5, 5.41) is 0. The minimum Gasteiger partial charge on any atom is -0.377 e. The highest BCUT2D eigenvalue weighted by molar-refractivity contribution is 5.82. The second-order valence-electron chi connectivity index (χ2n) is 3.76. The highest BCUT2D eigenvalue weighted by Crippen LogP contribution is 2.35. The fourth-order valence-electron chi connectivity index (χ4n) is 1.65. The number of amides is 1. The van der Waals surface area contributed by atoms with Crippen LogP contribution in [0.15, 0.2) is 0 Å². The molecule has 0 aromatic rings. The van der Waals surface area contributed by atoms with Gasteiger partial charge < -0.3 is 9.64 Å². The number of hydrogen-bond acceptors (Lipinski definition) is 2. The van der Waals surface area contributed by atoms with Crippen LogP contribution >= 0.6 is 0 Å². The zero-order valence-corrected chi connectivity index (χ0v) is 9.45. The topological polar surface area (TPSA) is 29.5 Å². The summed E-state index contributed by atoms with van der Waals surface area (Å²) >= 11 is 0. The van der Waals surface area contributed by atoms with Crippen LogP contribution in [0.4, 0.5) is 0 Å². The molecule has 1 aliphatic rings. The first-order valence-corrected chi connectivity index (χ1v) is 5.64. The Balaban J connectivity index is 2.27. The van der Waals surface area contributed by atoms with E-state index < -0.39 is 0 Å². The third-order valence-corrected chi connectivity index (χ3v) is 2.66. The van der Waals surface area contributed by atoms with Crippen LogP contribution in [0.5, 0.6) is 0 Å². The van der Waals surface area contributed by atoms with Gasteiger partial charge in [0.15, 0.2) is 0 Å². The number of ether oxygens (including phenoxy) is 1. The smallest absolute Gasteiger partial charge is 0.228 e. The lowest BCUT2D eigenvalue weighted by atomic mass is 10.3. The molecule has 2 atom stereocenters. The molecule has 0 aromatic carbocycles. The van der Waals surface area contributed by atoms with E-state index in [-0.39, 0.29) is 17.9 Å². The van der Waals surface area contributed by atoms with Gasteiger partial charge in [0.25, 0.3) is 0 Å². The zero-order valence-electron chi connectivity index (χ0n) is 9.45. The lowest BCUT2D eigenvalue weighted by Crippen LogP contribution is -2.32. The van der Waals surface area contributed by atoms with Crippen molar-refractivity contribution in [1.29, 1.82) is 0 Å². The lowest BCUT2D eigenvalue weighted by molar-refractivity contribution is -0.133. The van der Waals surface area contributed by atoms with E-state index in [0.717, 1.165) is 32.5 Å². The molecule has 0 heterocycles. The second-order valence-corrected chi connectivity index (χ2v) is 3.76. The Labute approximate surface area is 86.4 Å². The van der Waals surface area contributed by atoms with E-state index in [9.17, 15) is 4.79 Å². The third kappa shape index (κ3) is 2.71.